The lowest BCUT2D eigenvalue weighted by molar-refractivity contribution is 0.143. The molecule has 1 aromatic carbocycles. The molecule has 0 aliphatic carbocycles. The van der Waals surface area contributed by atoms with Crippen LogP contribution in [0.3, 0.4) is 0 Å². The first-order valence-corrected chi connectivity index (χ1v) is 10.3. The fourth-order valence-corrected chi connectivity index (χ4v) is 3.37. The van der Waals surface area contributed by atoms with Crippen LogP contribution >= 0.6 is 24.0 Å². The molecule has 0 bridgehead atoms. The van der Waals surface area contributed by atoms with Gasteiger partial charge in [0.05, 0.1) is 18.8 Å². The van der Waals surface area contributed by atoms with Gasteiger partial charge in [-0.25, -0.2) is 9.98 Å². The van der Waals surface area contributed by atoms with Gasteiger partial charge in [0.15, 0.2) is 5.96 Å². The molecule has 0 amide bonds. The Hall–Kier alpha value is -2.27. The number of piperazine rings is 1. The topological polar surface area (TPSA) is 82.5 Å². The van der Waals surface area contributed by atoms with Gasteiger partial charge in [0, 0.05) is 51.6 Å². The predicted octanol–water partition coefficient (Wildman–Crippen LogP) is 2.72. The summed E-state index contributed by atoms with van der Waals surface area (Å²) in [5.74, 6) is 1.80. The summed E-state index contributed by atoms with van der Waals surface area (Å²) in [4.78, 5) is 13.6. The largest absolute Gasteiger partial charge is 0.506 e. The van der Waals surface area contributed by atoms with Crippen molar-refractivity contribution in [1.82, 2.24) is 15.2 Å². The van der Waals surface area contributed by atoms with E-state index in [2.05, 4.69) is 27.0 Å². The van der Waals surface area contributed by atoms with Gasteiger partial charge in [-0.15, -0.1) is 24.0 Å². The van der Waals surface area contributed by atoms with Gasteiger partial charge >= 0.3 is 0 Å². The summed E-state index contributed by atoms with van der Waals surface area (Å²) >= 11 is 0. The molecule has 3 rings (SSSR count). The Morgan fingerprint density at radius 2 is 1.90 bits per heavy atom. The number of halogens is 1. The highest BCUT2D eigenvalue weighted by atomic mass is 127. The van der Waals surface area contributed by atoms with Crippen LogP contribution in [0.15, 0.2) is 47.6 Å². The van der Waals surface area contributed by atoms with Crippen LogP contribution in [-0.4, -0.2) is 74.0 Å². The van der Waals surface area contributed by atoms with Crippen molar-refractivity contribution in [3.8, 4) is 11.6 Å². The van der Waals surface area contributed by atoms with E-state index in [0.29, 0.717) is 31.4 Å². The van der Waals surface area contributed by atoms with Gasteiger partial charge in [0.2, 0.25) is 5.88 Å². The summed E-state index contributed by atoms with van der Waals surface area (Å²) in [5.41, 5.74) is 1.82. The number of methoxy groups -OCH3 is 1. The molecule has 0 unspecified atom stereocenters. The van der Waals surface area contributed by atoms with E-state index in [1.807, 2.05) is 30.3 Å². The van der Waals surface area contributed by atoms with Crippen molar-refractivity contribution in [1.29, 1.82) is 0 Å². The van der Waals surface area contributed by atoms with Gasteiger partial charge < -0.3 is 29.7 Å². The Labute approximate surface area is 201 Å². The molecule has 170 valence electrons. The van der Waals surface area contributed by atoms with Crippen molar-refractivity contribution >= 4 is 35.6 Å². The Morgan fingerprint density at radius 1 is 1.13 bits per heavy atom. The molecule has 2 N–H and O–H groups in total. The van der Waals surface area contributed by atoms with Crippen molar-refractivity contribution in [3.63, 3.8) is 0 Å². The molecule has 1 aliphatic rings. The van der Waals surface area contributed by atoms with Crippen LogP contribution in [0, 0.1) is 0 Å². The average Bonchev–Trinajstić information content (AvgIpc) is 2.78. The first-order valence-electron chi connectivity index (χ1n) is 10.3. The Balaban J connectivity index is 0.00000341. The van der Waals surface area contributed by atoms with E-state index in [0.717, 1.165) is 49.9 Å². The molecule has 31 heavy (non-hydrogen) atoms. The number of hydrogen-bond acceptors (Lipinski definition) is 6. The smallest absolute Gasteiger partial charge is 0.218 e. The molecule has 0 saturated carbocycles. The molecular weight excluding hydrogens is 509 g/mol. The highest BCUT2D eigenvalue weighted by molar-refractivity contribution is 14.0. The number of aromatic nitrogens is 1. The number of aromatic hydroxyl groups is 1. The summed E-state index contributed by atoms with van der Waals surface area (Å²) in [6, 6.07) is 11.4. The van der Waals surface area contributed by atoms with Crippen molar-refractivity contribution in [2.45, 2.75) is 13.5 Å². The van der Waals surface area contributed by atoms with Crippen molar-refractivity contribution in [3.05, 3.63) is 48.2 Å². The third-order valence-corrected chi connectivity index (χ3v) is 4.91. The number of aliphatic imine (C=N–C) groups is 1. The SMILES string of the molecule is CCNC(=NCc1cccnc1OCCOC)N1CCN(c2ccccc2O)CC1.I. The lowest BCUT2D eigenvalue weighted by atomic mass is 10.2. The zero-order chi connectivity index (χ0) is 21.2. The fourth-order valence-electron chi connectivity index (χ4n) is 3.37. The van der Waals surface area contributed by atoms with Crippen molar-refractivity contribution in [2.24, 2.45) is 4.99 Å². The molecule has 1 aliphatic heterocycles. The molecule has 1 fully saturated rings. The minimum Gasteiger partial charge on any atom is -0.506 e. The standard InChI is InChI=1S/C22H31N5O3.HI/c1-3-23-22(25-17-18-7-6-10-24-21(18)30-16-15-29-2)27-13-11-26(12-14-27)19-8-4-5-9-20(19)28;/h4-10,28H,3,11-17H2,1-2H3,(H,23,25);1H. The number of pyridine rings is 1. The molecular formula is C22H32IN5O3. The van der Waals surface area contributed by atoms with Crippen LogP contribution in [0.4, 0.5) is 5.69 Å². The summed E-state index contributed by atoms with van der Waals surface area (Å²) in [5, 5.41) is 13.5. The normalized spacial score (nSPS) is 14.2. The Kier molecular flexibility index (Phi) is 10.6. The molecule has 1 aromatic heterocycles. The monoisotopic (exact) mass is 541 g/mol. The summed E-state index contributed by atoms with van der Waals surface area (Å²) in [6.45, 7) is 7.61. The number of rotatable bonds is 8. The number of nitrogens with zero attached hydrogens (tertiary/aromatic N) is 4. The van der Waals surface area contributed by atoms with Gasteiger partial charge in [-0.2, -0.15) is 0 Å². The van der Waals surface area contributed by atoms with Crippen LogP contribution in [0.1, 0.15) is 12.5 Å². The second-order valence-corrected chi connectivity index (χ2v) is 6.94. The number of nitrogens with one attached hydrogen (secondary N) is 1. The number of hydrogen-bond donors (Lipinski definition) is 2. The van der Waals surface area contributed by atoms with Crippen molar-refractivity contribution < 1.29 is 14.6 Å². The zero-order valence-corrected chi connectivity index (χ0v) is 20.5. The van der Waals surface area contributed by atoms with Crippen LogP contribution in [-0.2, 0) is 11.3 Å². The van der Waals surface area contributed by atoms with Crippen LogP contribution in [0.2, 0.25) is 0 Å². The van der Waals surface area contributed by atoms with E-state index in [4.69, 9.17) is 14.5 Å². The number of benzene rings is 1. The third kappa shape index (κ3) is 7.13. The van der Waals surface area contributed by atoms with Gasteiger partial charge in [-0.05, 0) is 25.1 Å². The van der Waals surface area contributed by atoms with Crippen LogP contribution in [0.5, 0.6) is 11.6 Å². The highest BCUT2D eigenvalue weighted by Crippen LogP contribution is 2.27. The molecule has 1 saturated heterocycles. The number of ether oxygens (including phenoxy) is 2. The highest BCUT2D eigenvalue weighted by Gasteiger charge is 2.21. The zero-order valence-electron chi connectivity index (χ0n) is 18.2. The van der Waals surface area contributed by atoms with Crippen LogP contribution in [0.25, 0.3) is 0 Å². The quantitative estimate of drug-likeness (QED) is 0.230. The molecule has 8 nitrogen and oxygen atoms in total. The Bertz CT molecular complexity index is 828. The van der Waals surface area contributed by atoms with Crippen LogP contribution < -0.4 is 15.0 Å². The van der Waals surface area contributed by atoms with E-state index in [1.165, 1.54) is 0 Å². The summed E-state index contributed by atoms with van der Waals surface area (Å²) in [7, 11) is 1.65. The summed E-state index contributed by atoms with van der Waals surface area (Å²) < 4.78 is 10.8. The summed E-state index contributed by atoms with van der Waals surface area (Å²) in [6.07, 6.45) is 1.72. The number of phenols is 1. The molecule has 2 heterocycles. The first-order chi connectivity index (χ1) is 14.7. The molecule has 0 atom stereocenters. The fraction of sp³-hybridized carbons (Fsp3) is 0.455. The second-order valence-electron chi connectivity index (χ2n) is 6.94. The van der Waals surface area contributed by atoms with Gasteiger partial charge in [-0.1, -0.05) is 18.2 Å². The van der Waals surface area contributed by atoms with E-state index in [1.54, 1.807) is 19.4 Å². The maximum absolute atomic E-state index is 10.1. The average molecular weight is 541 g/mol. The van der Waals surface area contributed by atoms with Gasteiger partial charge in [-0.3, -0.25) is 0 Å². The molecule has 0 spiro atoms. The number of para-hydroxylation sites is 2. The van der Waals surface area contributed by atoms with E-state index in [-0.39, 0.29) is 24.0 Å². The lowest BCUT2D eigenvalue weighted by Gasteiger charge is -2.37. The lowest BCUT2D eigenvalue weighted by Crippen LogP contribution is -2.52. The van der Waals surface area contributed by atoms with Gasteiger partial charge in [0.25, 0.3) is 0 Å². The number of guanidine groups is 1. The first kappa shape index (κ1) is 25.0. The molecule has 2 aromatic rings. The molecule has 0 radical (unpaired) electrons. The minimum atomic E-state index is 0. The molecule has 9 heteroatoms. The van der Waals surface area contributed by atoms with Gasteiger partial charge in [0.1, 0.15) is 12.4 Å². The maximum atomic E-state index is 10.1. The maximum Gasteiger partial charge on any atom is 0.218 e. The predicted molar refractivity (Wildman–Crippen MR) is 134 cm³/mol. The van der Waals surface area contributed by atoms with Crippen molar-refractivity contribution in [2.75, 3.05) is 57.9 Å². The number of anilines is 1. The third-order valence-electron chi connectivity index (χ3n) is 4.91. The van der Waals surface area contributed by atoms with E-state index in [9.17, 15) is 5.11 Å². The Morgan fingerprint density at radius 3 is 2.61 bits per heavy atom. The van der Waals surface area contributed by atoms with E-state index < -0.39 is 0 Å². The minimum absolute atomic E-state index is 0. The van der Waals surface area contributed by atoms with E-state index >= 15 is 0 Å². The second kappa shape index (κ2) is 13.2. The number of phenolic OH excluding ortho intramolecular Hbond substituents is 1.